The highest BCUT2D eigenvalue weighted by molar-refractivity contribution is 7.89. The van der Waals surface area contributed by atoms with Gasteiger partial charge in [0.05, 0.1) is 31.8 Å². The summed E-state index contributed by atoms with van der Waals surface area (Å²) in [5.74, 6) is 2.87. The number of hydrogen-bond acceptors (Lipinski definition) is 7. The summed E-state index contributed by atoms with van der Waals surface area (Å²) in [6, 6.07) is 8.30. The maximum absolute atomic E-state index is 13.2. The molecule has 0 amide bonds. The van der Waals surface area contributed by atoms with Gasteiger partial charge in [-0.25, -0.2) is 8.42 Å². The fourth-order valence-electron chi connectivity index (χ4n) is 3.75. The first-order valence-electron chi connectivity index (χ1n) is 9.87. The Balaban J connectivity index is 1.61. The molecule has 0 radical (unpaired) electrons. The van der Waals surface area contributed by atoms with Gasteiger partial charge in [0.1, 0.15) is 30.5 Å². The Hall–Kier alpha value is -2.91. The number of benzene rings is 2. The quantitative estimate of drug-likeness (QED) is 0.673. The van der Waals surface area contributed by atoms with Crippen LogP contribution >= 0.6 is 0 Å². The Bertz CT molecular complexity index is 1090. The molecule has 0 N–H and O–H groups in total. The SMILES string of the molecule is COc1cc(OC)c(C2=CCN(S(=O)(=O)c3ccc4c(c3)OCCO4)CC2)c(OC)c1. The maximum Gasteiger partial charge on any atom is 0.243 e. The minimum atomic E-state index is -3.67. The van der Waals surface area contributed by atoms with Crippen molar-refractivity contribution in [3.63, 3.8) is 0 Å². The summed E-state index contributed by atoms with van der Waals surface area (Å²) in [6.07, 6.45) is 2.41. The molecule has 31 heavy (non-hydrogen) atoms. The average Bonchev–Trinajstić information content (AvgIpc) is 2.82. The van der Waals surface area contributed by atoms with Crippen LogP contribution in [0.25, 0.3) is 5.57 Å². The summed E-state index contributed by atoms with van der Waals surface area (Å²) in [5, 5.41) is 0. The van der Waals surface area contributed by atoms with Gasteiger partial charge in [0.15, 0.2) is 11.5 Å². The number of sulfonamides is 1. The van der Waals surface area contributed by atoms with Crippen LogP contribution in [0.5, 0.6) is 28.7 Å². The van der Waals surface area contributed by atoms with Gasteiger partial charge >= 0.3 is 0 Å². The highest BCUT2D eigenvalue weighted by Gasteiger charge is 2.29. The monoisotopic (exact) mass is 447 g/mol. The predicted octanol–water partition coefficient (Wildman–Crippen LogP) is 2.96. The number of ether oxygens (including phenoxy) is 5. The van der Waals surface area contributed by atoms with Gasteiger partial charge in [0.2, 0.25) is 10.0 Å². The third kappa shape index (κ3) is 4.03. The molecule has 2 aliphatic rings. The Morgan fingerprint density at radius 3 is 2.16 bits per heavy atom. The van der Waals surface area contributed by atoms with Crippen molar-refractivity contribution in [1.82, 2.24) is 4.31 Å². The zero-order valence-electron chi connectivity index (χ0n) is 17.7. The number of hydrogen-bond donors (Lipinski definition) is 0. The minimum absolute atomic E-state index is 0.188. The molecule has 0 aromatic heterocycles. The molecule has 0 atom stereocenters. The second-order valence-electron chi connectivity index (χ2n) is 7.05. The minimum Gasteiger partial charge on any atom is -0.496 e. The van der Waals surface area contributed by atoms with Crippen molar-refractivity contribution in [3.8, 4) is 28.7 Å². The Morgan fingerprint density at radius 2 is 1.58 bits per heavy atom. The van der Waals surface area contributed by atoms with E-state index in [1.807, 2.05) is 6.08 Å². The molecule has 2 aliphatic heterocycles. The summed E-state index contributed by atoms with van der Waals surface area (Å²) in [7, 11) is 1.07. The fraction of sp³-hybridized carbons (Fsp3) is 0.364. The van der Waals surface area contributed by atoms with E-state index in [9.17, 15) is 8.42 Å². The van der Waals surface area contributed by atoms with Crippen LogP contribution in [0.15, 0.2) is 41.3 Å². The molecule has 0 bridgehead atoms. The molecule has 0 fully saturated rings. The van der Waals surface area contributed by atoms with E-state index in [0.29, 0.717) is 54.9 Å². The zero-order chi connectivity index (χ0) is 22.0. The molecule has 0 spiro atoms. The van der Waals surface area contributed by atoms with Crippen molar-refractivity contribution < 1.29 is 32.1 Å². The molecule has 0 aliphatic carbocycles. The summed E-state index contributed by atoms with van der Waals surface area (Å²) in [5.41, 5.74) is 1.77. The number of fused-ring (bicyclic) bond motifs is 1. The van der Waals surface area contributed by atoms with Crippen molar-refractivity contribution in [1.29, 1.82) is 0 Å². The fourth-order valence-corrected chi connectivity index (χ4v) is 5.15. The van der Waals surface area contributed by atoms with Crippen molar-refractivity contribution in [2.24, 2.45) is 0 Å². The van der Waals surface area contributed by atoms with E-state index in [4.69, 9.17) is 23.7 Å². The molecule has 2 aromatic carbocycles. The third-order valence-corrected chi connectivity index (χ3v) is 7.22. The van der Waals surface area contributed by atoms with Gasteiger partial charge in [0, 0.05) is 31.3 Å². The summed E-state index contributed by atoms with van der Waals surface area (Å²) in [6.45, 7) is 1.43. The van der Waals surface area contributed by atoms with Crippen molar-refractivity contribution in [3.05, 3.63) is 42.0 Å². The first-order chi connectivity index (χ1) is 15.0. The van der Waals surface area contributed by atoms with Crippen molar-refractivity contribution in [2.75, 3.05) is 47.6 Å². The lowest BCUT2D eigenvalue weighted by molar-refractivity contribution is 0.171. The van der Waals surface area contributed by atoms with Crippen LogP contribution in [0, 0.1) is 0 Å². The van der Waals surface area contributed by atoms with Crippen LogP contribution in [0.2, 0.25) is 0 Å². The van der Waals surface area contributed by atoms with Crippen molar-refractivity contribution in [2.45, 2.75) is 11.3 Å². The summed E-state index contributed by atoms with van der Waals surface area (Å²) < 4.78 is 55.2. The molecule has 9 heteroatoms. The van der Waals surface area contributed by atoms with Crippen LogP contribution in [-0.4, -0.2) is 60.4 Å². The average molecular weight is 448 g/mol. The molecule has 166 valence electrons. The predicted molar refractivity (Wildman–Crippen MR) is 115 cm³/mol. The third-order valence-electron chi connectivity index (χ3n) is 5.36. The highest BCUT2D eigenvalue weighted by Crippen LogP contribution is 2.41. The molecule has 8 nitrogen and oxygen atoms in total. The zero-order valence-corrected chi connectivity index (χ0v) is 18.5. The van der Waals surface area contributed by atoms with E-state index in [1.165, 1.54) is 10.4 Å². The molecule has 4 rings (SSSR count). The van der Waals surface area contributed by atoms with Gasteiger partial charge in [-0.05, 0) is 24.1 Å². The van der Waals surface area contributed by atoms with E-state index >= 15 is 0 Å². The lowest BCUT2D eigenvalue weighted by atomic mass is 9.98. The standard InChI is InChI=1S/C22H25NO7S/c1-26-16-12-20(27-2)22(21(13-16)28-3)15-6-8-23(9-7-15)31(24,25)17-4-5-18-19(14-17)30-11-10-29-18/h4-6,12-14H,7-11H2,1-3H3. The topological polar surface area (TPSA) is 83.5 Å². The lowest BCUT2D eigenvalue weighted by Gasteiger charge is -2.28. The van der Waals surface area contributed by atoms with Gasteiger partial charge in [-0.15, -0.1) is 0 Å². The largest absolute Gasteiger partial charge is 0.496 e. The molecular formula is C22H25NO7S. The van der Waals surface area contributed by atoms with Gasteiger partial charge in [-0.1, -0.05) is 6.08 Å². The van der Waals surface area contributed by atoms with Crippen molar-refractivity contribution >= 4 is 15.6 Å². The van der Waals surface area contributed by atoms with Crippen LogP contribution < -0.4 is 23.7 Å². The molecule has 0 unspecified atom stereocenters. The second kappa shape index (κ2) is 8.68. The Kier molecular flexibility index (Phi) is 5.97. The Labute approximate surface area is 182 Å². The first kappa shape index (κ1) is 21.3. The summed E-state index contributed by atoms with van der Waals surface area (Å²) in [4.78, 5) is 0.188. The van der Waals surface area contributed by atoms with Crippen LogP contribution in [0.3, 0.4) is 0 Å². The van der Waals surface area contributed by atoms with Crippen LogP contribution in [-0.2, 0) is 10.0 Å². The van der Waals surface area contributed by atoms with E-state index in [-0.39, 0.29) is 11.4 Å². The molecule has 0 saturated heterocycles. The number of rotatable bonds is 6. The Morgan fingerprint density at radius 1 is 0.903 bits per heavy atom. The summed E-state index contributed by atoms with van der Waals surface area (Å²) >= 11 is 0. The first-order valence-corrected chi connectivity index (χ1v) is 11.3. The van der Waals surface area contributed by atoms with Crippen LogP contribution in [0.1, 0.15) is 12.0 Å². The van der Waals surface area contributed by atoms with Gasteiger partial charge in [-0.3, -0.25) is 0 Å². The molecule has 2 heterocycles. The molecule has 0 saturated carbocycles. The molecular weight excluding hydrogens is 422 g/mol. The van der Waals surface area contributed by atoms with E-state index in [1.54, 1.807) is 45.6 Å². The van der Waals surface area contributed by atoms with Crippen LogP contribution in [0.4, 0.5) is 0 Å². The van der Waals surface area contributed by atoms with E-state index < -0.39 is 10.0 Å². The van der Waals surface area contributed by atoms with E-state index in [0.717, 1.165) is 11.1 Å². The number of methoxy groups -OCH3 is 3. The number of nitrogens with zero attached hydrogens (tertiary/aromatic N) is 1. The lowest BCUT2D eigenvalue weighted by Crippen LogP contribution is -2.34. The highest BCUT2D eigenvalue weighted by atomic mass is 32.2. The maximum atomic E-state index is 13.2. The normalized spacial score (nSPS) is 16.4. The van der Waals surface area contributed by atoms with Gasteiger partial charge < -0.3 is 23.7 Å². The van der Waals surface area contributed by atoms with E-state index in [2.05, 4.69) is 0 Å². The smallest absolute Gasteiger partial charge is 0.243 e. The molecule has 2 aromatic rings. The second-order valence-corrected chi connectivity index (χ2v) is 8.99. The van der Waals surface area contributed by atoms with Gasteiger partial charge in [-0.2, -0.15) is 4.31 Å². The van der Waals surface area contributed by atoms with Gasteiger partial charge in [0.25, 0.3) is 0 Å².